The van der Waals surface area contributed by atoms with Gasteiger partial charge in [0.1, 0.15) is 0 Å². The Balaban J connectivity index is 1.87. The smallest absolute Gasteiger partial charge is 0.0663 e. The van der Waals surface area contributed by atoms with Gasteiger partial charge in [0.05, 0.1) is 5.60 Å². The van der Waals surface area contributed by atoms with E-state index in [4.69, 9.17) is 0 Å². The van der Waals surface area contributed by atoms with Crippen molar-refractivity contribution in [2.75, 3.05) is 20.1 Å². The van der Waals surface area contributed by atoms with E-state index in [0.29, 0.717) is 0 Å². The summed E-state index contributed by atoms with van der Waals surface area (Å²) in [7, 11) is 2.14. The standard InChI is InChI=1S/C13H21NOS/c1-14-8-2-5-13(15,7-9-14)6-3-12-4-10-16-11-12/h4,10-11,15H,2-3,5-9H2,1H3. The minimum Gasteiger partial charge on any atom is -0.390 e. The Bertz CT molecular complexity index is 312. The summed E-state index contributed by atoms with van der Waals surface area (Å²) in [4.78, 5) is 2.32. The number of thiophene rings is 1. The van der Waals surface area contributed by atoms with Crippen LogP contribution in [0.2, 0.25) is 0 Å². The Labute approximate surface area is 102 Å². The minimum atomic E-state index is -0.424. The highest BCUT2D eigenvalue weighted by Gasteiger charge is 2.28. The molecule has 0 spiro atoms. The summed E-state index contributed by atoms with van der Waals surface area (Å²) in [5, 5.41) is 14.8. The quantitative estimate of drug-likeness (QED) is 0.876. The molecule has 16 heavy (non-hydrogen) atoms. The maximum absolute atomic E-state index is 10.5. The topological polar surface area (TPSA) is 23.5 Å². The van der Waals surface area contributed by atoms with Crippen molar-refractivity contribution < 1.29 is 5.11 Å². The summed E-state index contributed by atoms with van der Waals surface area (Å²) in [5.74, 6) is 0. The molecule has 0 radical (unpaired) electrons. The van der Waals surface area contributed by atoms with Crippen LogP contribution in [0.25, 0.3) is 0 Å². The van der Waals surface area contributed by atoms with Crippen LogP contribution >= 0.6 is 11.3 Å². The summed E-state index contributed by atoms with van der Waals surface area (Å²) in [6.07, 6.45) is 4.94. The Morgan fingerprint density at radius 1 is 1.44 bits per heavy atom. The fourth-order valence-corrected chi connectivity index (χ4v) is 3.08. The zero-order valence-electron chi connectivity index (χ0n) is 9.98. The van der Waals surface area contributed by atoms with E-state index in [2.05, 4.69) is 28.8 Å². The lowest BCUT2D eigenvalue weighted by molar-refractivity contribution is 0.0178. The average Bonchev–Trinajstić information content (AvgIpc) is 2.71. The summed E-state index contributed by atoms with van der Waals surface area (Å²) < 4.78 is 0. The lowest BCUT2D eigenvalue weighted by Crippen LogP contribution is -2.30. The molecule has 1 N–H and O–H groups in total. The second kappa shape index (κ2) is 5.30. The van der Waals surface area contributed by atoms with Crippen LogP contribution in [-0.4, -0.2) is 35.7 Å². The zero-order valence-corrected chi connectivity index (χ0v) is 10.8. The molecule has 90 valence electrons. The van der Waals surface area contributed by atoms with Crippen LogP contribution < -0.4 is 0 Å². The number of nitrogens with zero attached hydrogens (tertiary/aromatic N) is 1. The first kappa shape index (κ1) is 12.1. The summed E-state index contributed by atoms with van der Waals surface area (Å²) in [6.45, 7) is 2.15. The van der Waals surface area contributed by atoms with Crippen LogP contribution in [0.5, 0.6) is 0 Å². The Morgan fingerprint density at radius 2 is 2.31 bits per heavy atom. The van der Waals surface area contributed by atoms with Crippen LogP contribution in [0.1, 0.15) is 31.2 Å². The van der Waals surface area contributed by atoms with Crippen molar-refractivity contribution in [3.8, 4) is 0 Å². The molecule has 0 amide bonds. The lowest BCUT2D eigenvalue weighted by atomic mass is 9.89. The highest BCUT2D eigenvalue weighted by atomic mass is 32.1. The van der Waals surface area contributed by atoms with Gasteiger partial charge in [-0.25, -0.2) is 0 Å². The Morgan fingerprint density at radius 3 is 3.06 bits per heavy atom. The molecule has 0 saturated carbocycles. The third-order valence-corrected chi connectivity index (χ3v) is 4.33. The van der Waals surface area contributed by atoms with Crippen molar-refractivity contribution in [3.63, 3.8) is 0 Å². The molecular weight excluding hydrogens is 218 g/mol. The molecule has 1 atom stereocenters. The van der Waals surface area contributed by atoms with Crippen LogP contribution in [0.3, 0.4) is 0 Å². The largest absolute Gasteiger partial charge is 0.390 e. The molecule has 2 heterocycles. The normalized spacial score (nSPS) is 27.9. The SMILES string of the molecule is CN1CCCC(O)(CCc2ccsc2)CC1. The van der Waals surface area contributed by atoms with Gasteiger partial charge in [-0.05, 0) is 68.1 Å². The predicted octanol–water partition coefficient (Wildman–Crippen LogP) is 2.53. The Kier molecular flexibility index (Phi) is 4.00. The van der Waals surface area contributed by atoms with Crippen LogP contribution in [0, 0.1) is 0 Å². The fourth-order valence-electron chi connectivity index (χ4n) is 2.38. The van der Waals surface area contributed by atoms with E-state index < -0.39 is 5.60 Å². The van der Waals surface area contributed by atoms with Gasteiger partial charge in [-0.2, -0.15) is 11.3 Å². The monoisotopic (exact) mass is 239 g/mol. The second-order valence-electron chi connectivity index (χ2n) is 5.01. The molecule has 2 nitrogen and oxygen atoms in total. The van der Waals surface area contributed by atoms with E-state index in [0.717, 1.165) is 45.2 Å². The van der Waals surface area contributed by atoms with Gasteiger partial charge in [0, 0.05) is 6.54 Å². The molecule has 1 aromatic heterocycles. The van der Waals surface area contributed by atoms with Gasteiger partial charge in [-0.15, -0.1) is 0 Å². The third-order valence-electron chi connectivity index (χ3n) is 3.60. The number of hydrogen-bond donors (Lipinski definition) is 1. The Hall–Kier alpha value is -0.380. The molecular formula is C13H21NOS. The maximum atomic E-state index is 10.5. The van der Waals surface area contributed by atoms with E-state index in [-0.39, 0.29) is 0 Å². The summed E-state index contributed by atoms with van der Waals surface area (Å²) >= 11 is 1.74. The van der Waals surface area contributed by atoms with Crippen molar-refractivity contribution >= 4 is 11.3 Å². The van der Waals surface area contributed by atoms with Gasteiger partial charge in [0.25, 0.3) is 0 Å². The van der Waals surface area contributed by atoms with Gasteiger partial charge in [0.15, 0.2) is 0 Å². The molecule has 1 aromatic rings. The molecule has 1 aliphatic heterocycles. The number of aliphatic hydroxyl groups is 1. The molecule has 0 aromatic carbocycles. The number of aryl methyl sites for hydroxylation is 1. The fraction of sp³-hybridized carbons (Fsp3) is 0.692. The predicted molar refractivity (Wildman–Crippen MR) is 68.9 cm³/mol. The molecule has 1 unspecified atom stereocenters. The average molecular weight is 239 g/mol. The van der Waals surface area contributed by atoms with E-state index in [9.17, 15) is 5.11 Å². The highest BCUT2D eigenvalue weighted by Crippen LogP contribution is 2.27. The molecule has 1 aliphatic rings. The minimum absolute atomic E-state index is 0.424. The van der Waals surface area contributed by atoms with Crippen LogP contribution in [0.15, 0.2) is 16.8 Å². The number of hydrogen-bond acceptors (Lipinski definition) is 3. The van der Waals surface area contributed by atoms with E-state index in [1.807, 2.05) is 0 Å². The number of rotatable bonds is 3. The van der Waals surface area contributed by atoms with Crippen molar-refractivity contribution in [1.29, 1.82) is 0 Å². The molecule has 2 rings (SSSR count). The van der Waals surface area contributed by atoms with Crippen LogP contribution in [0.4, 0.5) is 0 Å². The van der Waals surface area contributed by atoms with Gasteiger partial charge in [-0.3, -0.25) is 0 Å². The zero-order chi connectivity index (χ0) is 11.4. The van der Waals surface area contributed by atoms with Crippen molar-refractivity contribution in [3.05, 3.63) is 22.4 Å². The van der Waals surface area contributed by atoms with E-state index >= 15 is 0 Å². The van der Waals surface area contributed by atoms with Gasteiger partial charge >= 0.3 is 0 Å². The first-order valence-corrected chi connectivity index (χ1v) is 7.04. The molecule has 0 bridgehead atoms. The molecule has 3 heteroatoms. The first-order valence-electron chi connectivity index (χ1n) is 6.10. The molecule has 1 fully saturated rings. The van der Waals surface area contributed by atoms with E-state index in [1.54, 1.807) is 11.3 Å². The molecule has 1 saturated heterocycles. The highest BCUT2D eigenvalue weighted by molar-refractivity contribution is 7.07. The van der Waals surface area contributed by atoms with Crippen molar-refractivity contribution in [2.45, 2.75) is 37.7 Å². The van der Waals surface area contributed by atoms with Gasteiger partial charge in [0.2, 0.25) is 0 Å². The maximum Gasteiger partial charge on any atom is 0.0663 e. The first-order chi connectivity index (χ1) is 7.68. The van der Waals surface area contributed by atoms with Crippen molar-refractivity contribution in [2.24, 2.45) is 0 Å². The lowest BCUT2D eigenvalue weighted by Gasteiger charge is -2.26. The van der Waals surface area contributed by atoms with Gasteiger partial charge in [-0.1, -0.05) is 0 Å². The van der Waals surface area contributed by atoms with E-state index in [1.165, 1.54) is 5.56 Å². The van der Waals surface area contributed by atoms with Crippen molar-refractivity contribution in [1.82, 2.24) is 4.90 Å². The number of likely N-dealkylation sites (tertiary alicyclic amines) is 1. The van der Waals surface area contributed by atoms with Gasteiger partial charge < -0.3 is 10.0 Å². The second-order valence-corrected chi connectivity index (χ2v) is 5.79. The summed E-state index contributed by atoms with van der Waals surface area (Å²) in [5.41, 5.74) is 0.947. The van der Waals surface area contributed by atoms with Crippen LogP contribution in [-0.2, 0) is 6.42 Å². The summed E-state index contributed by atoms with van der Waals surface area (Å²) in [6, 6.07) is 2.16. The molecule has 0 aliphatic carbocycles. The third kappa shape index (κ3) is 3.30.